The first-order valence-electron chi connectivity index (χ1n) is 8.56. The third-order valence-corrected chi connectivity index (χ3v) is 7.38. The number of sulfonamides is 1. The summed E-state index contributed by atoms with van der Waals surface area (Å²) in [6.07, 6.45) is 0. The summed E-state index contributed by atoms with van der Waals surface area (Å²) < 4.78 is 41.5. The van der Waals surface area contributed by atoms with Crippen LogP contribution < -0.4 is 10.0 Å². The fourth-order valence-electron chi connectivity index (χ4n) is 2.99. The fourth-order valence-corrected chi connectivity index (χ4v) is 5.38. The zero-order chi connectivity index (χ0) is 22.3. The lowest BCUT2D eigenvalue weighted by Gasteiger charge is -2.08. The van der Waals surface area contributed by atoms with Crippen LogP contribution >= 0.6 is 22.9 Å². The highest BCUT2D eigenvalue weighted by Crippen LogP contribution is 2.29. The zero-order valence-corrected chi connectivity index (χ0v) is 17.7. The smallest absolute Gasteiger partial charge is 0.307 e. The summed E-state index contributed by atoms with van der Waals surface area (Å²) in [7, 11) is -4.15. The molecule has 2 aromatic carbocycles. The van der Waals surface area contributed by atoms with Gasteiger partial charge in [-0.3, -0.25) is 10.0 Å². The second-order valence-electron chi connectivity index (χ2n) is 6.32. The zero-order valence-electron chi connectivity index (χ0n) is 15.3. The molecule has 31 heavy (non-hydrogen) atoms. The van der Waals surface area contributed by atoms with Crippen LogP contribution in [0, 0.1) is 5.82 Å². The number of amides is 2. The van der Waals surface area contributed by atoms with Gasteiger partial charge >= 0.3 is 11.7 Å². The highest BCUT2D eigenvalue weighted by Gasteiger charge is 2.41. The summed E-state index contributed by atoms with van der Waals surface area (Å²) in [5.41, 5.74) is -0.0733. The van der Waals surface area contributed by atoms with Crippen LogP contribution in [0.15, 0.2) is 58.8 Å². The number of hydrogen-bond acceptors (Lipinski definition) is 6. The summed E-state index contributed by atoms with van der Waals surface area (Å²) in [5, 5.41) is 12.5. The minimum Gasteiger partial charge on any atom is -0.307 e. The number of nitrogens with zero attached hydrogens (tertiary/aromatic N) is 1. The molecule has 0 atom stereocenters. The molecule has 158 valence electrons. The molecule has 12 heteroatoms. The first-order chi connectivity index (χ1) is 14.7. The third kappa shape index (κ3) is 3.90. The molecule has 0 spiro atoms. The largest absolute Gasteiger partial charge is 0.333 e. The SMILES string of the molecule is O=C(Nc1ccc(C2=[N+](O)c3ccccc3C2=O)c(F)c1)NS(=O)(=O)c1ccc(Cl)s1. The van der Waals surface area contributed by atoms with Crippen LogP contribution in [0.1, 0.15) is 15.9 Å². The second-order valence-corrected chi connectivity index (χ2v) is 9.94. The molecule has 0 radical (unpaired) electrons. The topological polar surface area (TPSA) is 116 Å². The number of carbonyl (C=O) groups is 2. The number of Topliss-reactive ketones (excluding diaryl/α,β-unsaturated/α-hetero) is 1. The van der Waals surface area contributed by atoms with Crippen molar-refractivity contribution in [2.75, 3.05) is 5.32 Å². The quantitative estimate of drug-likeness (QED) is 0.388. The van der Waals surface area contributed by atoms with Crippen molar-refractivity contribution in [2.45, 2.75) is 4.21 Å². The third-order valence-electron chi connectivity index (χ3n) is 4.33. The molecule has 3 N–H and O–H groups in total. The number of halogens is 2. The van der Waals surface area contributed by atoms with Gasteiger partial charge in [0.25, 0.3) is 21.5 Å². The molecule has 0 fully saturated rings. The second kappa shape index (κ2) is 7.76. The number of rotatable bonds is 4. The fraction of sp³-hybridized carbons (Fsp3) is 0. The molecule has 1 aliphatic rings. The Bertz CT molecular complexity index is 1380. The van der Waals surface area contributed by atoms with E-state index in [1.807, 2.05) is 0 Å². The van der Waals surface area contributed by atoms with E-state index in [1.54, 1.807) is 16.9 Å². The lowest BCUT2D eigenvalue weighted by Crippen LogP contribution is -2.34. The first-order valence-corrected chi connectivity index (χ1v) is 11.2. The monoisotopic (exact) mass is 480 g/mol. The Kier molecular flexibility index (Phi) is 5.25. The Balaban J connectivity index is 1.54. The van der Waals surface area contributed by atoms with Crippen molar-refractivity contribution in [3.63, 3.8) is 0 Å². The van der Waals surface area contributed by atoms with Crippen LogP contribution in [0.2, 0.25) is 4.34 Å². The Hall–Kier alpha value is -3.28. The maximum absolute atomic E-state index is 14.7. The Labute approximate surface area is 184 Å². The number of benzene rings is 2. The Morgan fingerprint density at radius 3 is 2.48 bits per heavy atom. The molecule has 0 unspecified atom stereocenters. The van der Waals surface area contributed by atoms with Gasteiger partial charge in [-0.25, -0.2) is 22.3 Å². The van der Waals surface area contributed by atoms with Crippen molar-refractivity contribution >= 4 is 61.9 Å². The van der Waals surface area contributed by atoms with Crippen LogP contribution in [-0.4, -0.2) is 35.9 Å². The van der Waals surface area contributed by atoms with Crippen molar-refractivity contribution in [2.24, 2.45) is 0 Å². The predicted molar refractivity (Wildman–Crippen MR) is 112 cm³/mol. The first kappa shape index (κ1) is 21.0. The van der Waals surface area contributed by atoms with Crippen LogP contribution in [-0.2, 0) is 10.0 Å². The number of nitrogens with one attached hydrogen (secondary N) is 2. The standard InChI is InChI=1S/C19H11ClFN3O5S2/c20-15-7-8-16(30-15)31(28,29)23-19(26)22-10-5-6-11(13(21)9-10)17-18(25)12-3-1-2-4-14(12)24(17)27/h1-9,27H,(H,23,26)/p+1. The summed E-state index contributed by atoms with van der Waals surface area (Å²) in [5.74, 6) is -1.46. The number of thiophene rings is 1. The molecule has 0 saturated carbocycles. The average Bonchev–Trinajstić information content (AvgIpc) is 3.25. The van der Waals surface area contributed by atoms with E-state index in [9.17, 15) is 27.6 Å². The van der Waals surface area contributed by atoms with E-state index < -0.39 is 27.7 Å². The molecular formula is C19H12ClFN3O5S2+. The van der Waals surface area contributed by atoms with E-state index in [1.165, 1.54) is 36.4 Å². The predicted octanol–water partition coefficient (Wildman–Crippen LogP) is 3.77. The molecule has 1 aliphatic heterocycles. The van der Waals surface area contributed by atoms with E-state index >= 15 is 0 Å². The van der Waals surface area contributed by atoms with Crippen molar-refractivity contribution in [1.82, 2.24) is 4.72 Å². The van der Waals surface area contributed by atoms with E-state index in [0.29, 0.717) is 4.74 Å². The van der Waals surface area contributed by atoms with Crippen LogP contribution in [0.4, 0.5) is 20.6 Å². The molecule has 8 nitrogen and oxygen atoms in total. The van der Waals surface area contributed by atoms with E-state index in [-0.39, 0.29) is 36.8 Å². The summed E-state index contributed by atoms with van der Waals surface area (Å²) >= 11 is 6.47. The van der Waals surface area contributed by atoms with Gasteiger partial charge in [0.2, 0.25) is 0 Å². The minimum atomic E-state index is -4.15. The highest BCUT2D eigenvalue weighted by molar-refractivity contribution is 7.92. The van der Waals surface area contributed by atoms with Gasteiger partial charge in [-0.2, -0.15) is 0 Å². The summed E-state index contributed by atoms with van der Waals surface area (Å²) in [4.78, 5) is 24.6. The van der Waals surface area contributed by atoms with Gasteiger partial charge < -0.3 is 5.32 Å². The van der Waals surface area contributed by atoms with Gasteiger partial charge in [-0.1, -0.05) is 23.7 Å². The molecule has 4 rings (SSSR count). The number of urea groups is 1. The number of anilines is 1. The van der Waals surface area contributed by atoms with Crippen molar-refractivity contribution < 1.29 is 32.3 Å². The number of ketones is 1. The summed E-state index contributed by atoms with van der Waals surface area (Å²) in [6.45, 7) is 0. The summed E-state index contributed by atoms with van der Waals surface area (Å²) in [6, 6.07) is 11.1. The van der Waals surface area contributed by atoms with Crippen molar-refractivity contribution in [3.05, 3.63) is 75.9 Å². The maximum Gasteiger partial charge on any atom is 0.333 e. The molecular weight excluding hydrogens is 469 g/mol. The van der Waals surface area contributed by atoms with Gasteiger partial charge in [0, 0.05) is 16.5 Å². The minimum absolute atomic E-state index is 0.0637. The molecule has 0 bridgehead atoms. The molecule has 0 saturated heterocycles. The maximum atomic E-state index is 14.7. The number of carbonyl (C=O) groups excluding carboxylic acids is 2. The lowest BCUT2D eigenvalue weighted by atomic mass is 10.0. The number of hydrogen-bond donors (Lipinski definition) is 3. The van der Waals surface area contributed by atoms with Crippen LogP contribution in [0.25, 0.3) is 0 Å². The highest BCUT2D eigenvalue weighted by atomic mass is 35.5. The Morgan fingerprint density at radius 1 is 1.10 bits per heavy atom. The van der Waals surface area contributed by atoms with Crippen LogP contribution in [0.5, 0.6) is 0 Å². The number of fused-ring (bicyclic) bond motifs is 1. The molecule has 0 aliphatic carbocycles. The van der Waals surface area contributed by atoms with Gasteiger partial charge in [0.1, 0.15) is 15.6 Å². The van der Waals surface area contributed by atoms with Crippen LogP contribution in [0.3, 0.4) is 0 Å². The molecule has 2 heterocycles. The molecule has 2 amide bonds. The van der Waals surface area contributed by atoms with Crippen molar-refractivity contribution in [3.8, 4) is 0 Å². The number of para-hydroxylation sites is 1. The van der Waals surface area contributed by atoms with Gasteiger partial charge in [0.05, 0.1) is 9.90 Å². The average molecular weight is 481 g/mol. The Morgan fingerprint density at radius 2 is 1.84 bits per heavy atom. The van der Waals surface area contributed by atoms with Gasteiger partial charge in [0.15, 0.2) is 0 Å². The van der Waals surface area contributed by atoms with E-state index in [2.05, 4.69) is 5.32 Å². The van der Waals surface area contributed by atoms with Gasteiger partial charge in [-0.15, -0.1) is 11.3 Å². The van der Waals surface area contributed by atoms with E-state index in [0.717, 1.165) is 17.4 Å². The lowest BCUT2D eigenvalue weighted by molar-refractivity contribution is -0.710. The van der Waals surface area contributed by atoms with Crippen molar-refractivity contribution in [1.29, 1.82) is 0 Å². The molecule has 1 aromatic heterocycles. The molecule has 3 aromatic rings. The normalized spacial score (nSPS) is 13.3. The van der Waals surface area contributed by atoms with E-state index in [4.69, 9.17) is 11.6 Å². The van der Waals surface area contributed by atoms with Gasteiger partial charge in [-0.05, 0) is 36.4 Å².